The lowest BCUT2D eigenvalue weighted by Crippen LogP contribution is -2.41. The molecule has 2 rings (SSSR count). The van der Waals surface area contributed by atoms with Crippen LogP contribution in [0.2, 0.25) is 0 Å². The van der Waals surface area contributed by atoms with Crippen LogP contribution in [0.1, 0.15) is 44.7 Å². The second kappa shape index (κ2) is 5.40. The van der Waals surface area contributed by atoms with Crippen LogP contribution < -0.4 is 4.72 Å². The van der Waals surface area contributed by atoms with Crippen molar-refractivity contribution in [3.8, 4) is 0 Å². The van der Waals surface area contributed by atoms with Gasteiger partial charge in [-0.3, -0.25) is 5.10 Å². The van der Waals surface area contributed by atoms with Crippen LogP contribution in [0.25, 0.3) is 0 Å². The van der Waals surface area contributed by atoms with Gasteiger partial charge in [-0.15, -0.1) is 0 Å². The predicted octanol–water partition coefficient (Wildman–Crippen LogP) is 1.97. The Labute approximate surface area is 108 Å². The van der Waals surface area contributed by atoms with Gasteiger partial charge in [0.05, 0.1) is 11.9 Å². The molecule has 0 aromatic carbocycles. The molecule has 1 aromatic rings. The van der Waals surface area contributed by atoms with E-state index in [1.165, 1.54) is 12.6 Å². The number of rotatable bonds is 4. The SMILES string of the molecule is CCC1CCCCC1NS(=O)(=O)c1cn[nH]c1C. The van der Waals surface area contributed by atoms with Crippen molar-refractivity contribution < 1.29 is 8.42 Å². The van der Waals surface area contributed by atoms with E-state index in [1.54, 1.807) is 6.92 Å². The lowest BCUT2D eigenvalue weighted by atomic mass is 9.83. The first-order chi connectivity index (χ1) is 8.54. The molecule has 0 spiro atoms. The highest BCUT2D eigenvalue weighted by atomic mass is 32.2. The molecule has 1 saturated carbocycles. The van der Waals surface area contributed by atoms with Crippen LogP contribution in [0.4, 0.5) is 0 Å². The molecule has 1 aliphatic rings. The highest BCUT2D eigenvalue weighted by Gasteiger charge is 2.29. The van der Waals surface area contributed by atoms with Gasteiger partial charge in [0.25, 0.3) is 0 Å². The minimum atomic E-state index is -3.43. The number of H-pyrrole nitrogens is 1. The van der Waals surface area contributed by atoms with Gasteiger partial charge in [-0.1, -0.05) is 26.2 Å². The van der Waals surface area contributed by atoms with E-state index in [0.29, 0.717) is 11.6 Å². The molecule has 1 fully saturated rings. The molecule has 5 nitrogen and oxygen atoms in total. The third-order valence-corrected chi connectivity index (χ3v) is 5.42. The van der Waals surface area contributed by atoms with E-state index in [-0.39, 0.29) is 10.9 Å². The van der Waals surface area contributed by atoms with Crippen LogP contribution in [0.3, 0.4) is 0 Å². The number of aromatic amines is 1. The van der Waals surface area contributed by atoms with E-state index in [9.17, 15) is 8.42 Å². The topological polar surface area (TPSA) is 74.8 Å². The van der Waals surface area contributed by atoms with Gasteiger partial charge in [-0.05, 0) is 25.7 Å². The number of hydrogen-bond acceptors (Lipinski definition) is 3. The molecular formula is C12H21N3O2S. The van der Waals surface area contributed by atoms with Crippen molar-refractivity contribution in [3.63, 3.8) is 0 Å². The summed E-state index contributed by atoms with van der Waals surface area (Å²) < 4.78 is 27.4. The summed E-state index contributed by atoms with van der Waals surface area (Å²) in [6, 6.07) is 0.0723. The number of hydrogen-bond donors (Lipinski definition) is 2. The monoisotopic (exact) mass is 271 g/mol. The molecular weight excluding hydrogens is 250 g/mol. The van der Waals surface area contributed by atoms with E-state index < -0.39 is 10.0 Å². The summed E-state index contributed by atoms with van der Waals surface area (Å²) in [6.45, 7) is 3.85. The van der Waals surface area contributed by atoms with Crippen molar-refractivity contribution in [2.45, 2.75) is 56.9 Å². The normalized spacial score (nSPS) is 25.2. The molecule has 2 atom stereocenters. The highest BCUT2D eigenvalue weighted by Crippen LogP contribution is 2.28. The fourth-order valence-electron chi connectivity index (χ4n) is 2.72. The number of nitrogens with zero attached hydrogens (tertiary/aromatic N) is 1. The van der Waals surface area contributed by atoms with Gasteiger partial charge in [0.1, 0.15) is 4.90 Å². The Balaban J connectivity index is 2.15. The summed E-state index contributed by atoms with van der Waals surface area (Å²) in [5.74, 6) is 0.459. The average Bonchev–Trinajstić information content (AvgIpc) is 2.76. The molecule has 1 aromatic heterocycles. The molecule has 0 amide bonds. The van der Waals surface area contributed by atoms with Gasteiger partial charge in [0.2, 0.25) is 10.0 Å². The first kappa shape index (κ1) is 13.5. The summed E-state index contributed by atoms with van der Waals surface area (Å²) in [5.41, 5.74) is 0.589. The summed E-state index contributed by atoms with van der Waals surface area (Å²) in [7, 11) is -3.43. The Morgan fingerprint density at radius 2 is 2.17 bits per heavy atom. The molecule has 0 saturated heterocycles. The van der Waals surface area contributed by atoms with E-state index in [0.717, 1.165) is 25.7 Å². The molecule has 6 heteroatoms. The first-order valence-electron chi connectivity index (χ1n) is 6.57. The zero-order valence-electron chi connectivity index (χ0n) is 10.9. The third kappa shape index (κ3) is 2.75. The van der Waals surface area contributed by atoms with Gasteiger partial charge in [0, 0.05) is 6.04 Å². The molecule has 1 aliphatic carbocycles. The average molecular weight is 271 g/mol. The van der Waals surface area contributed by atoms with Crippen LogP contribution in [-0.4, -0.2) is 24.7 Å². The standard InChI is InChI=1S/C12H21N3O2S/c1-3-10-6-4-5-7-11(10)15-18(16,17)12-8-13-14-9(12)2/h8,10-11,15H,3-7H2,1-2H3,(H,13,14). The smallest absolute Gasteiger partial charge is 0.244 e. The predicted molar refractivity (Wildman–Crippen MR) is 69.7 cm³/mol. The molecule has 1 heterocycles. The van der Waals surface area contributed by atoms with Crippen molar-refractivity contribution in [1.29, 1.82) is 0 Å². The summed E-state index contributed by atoms with van der Waals surface area (Å²) in [4.78, 5) is 0.267. The van der Waals surface area contributed by atoms with Crippen molar-refractivity contribution in [3.05, 3.63) is 11.9 Å². The fraction of sp³-hybridized carbons (Fsp3) is 0.750. The van der Waals surface area contributed by atoms with E-state index in [1.807, 2.05) is 0 Å². The minimum Gasteiger partial charge on any atom is -0.281 e. The Bertz CT molecular complexity index is 495. The fourth-order valence-corrected chi connectivity index (χ4v) is 4.20. The Hall–Kier alpha value is -0.880. The summed E-state index contributed by atoms with van der Waals surface area (Å²) in [6.07, 6.45) is 6.78. The van der Waals surface area contributed by atoms with Crippen molar-refractivity contribution in [1.82, 2.24) is 14.9 Å². The molecule has 0 bridgehead atoms. The molecule has 2 unspecified atom stereocenters. The Morgan fingerprint density at radius 3 is 2.78 bits per heavy atom. The molecule has 2 N–H and O–H groups in total. The third-order valence-electron chi connectivity index (χ3n) is 3.81. The maximum atomic E-state index is 12.3. The molecule has 18 heavy (non-hydrogen) atoms. The van der Waals surface area contributed by atoms with Gasteiger partial charge in [-0.2, -0.15) is 5.10 Å². The van der Waals surface area contributed by atoms with E-state index >= 15 is 0 Å². The Kier molecular flexibility index (Phi) is 4.07. The van der Waals surface area contributed by atoms with E-state index in [4.69, 9.17) is 0 Å². The number of nitrogens with one attached hydrogen (secondary N) is 2. The lowest BCUT2D eigenvalue weighted by Gasteiger charge is -2.31. The summed E-state index contributed by atoms with van der Waals surface area (Å²) >= 11 is 0. The second-order valence-corrected chi connectivity index (χ2v) is 6.72. The summed E-state index contributed by atoms with van der Waals surface area (Å²) in [5, 5.41) is 6.44. The van der Waals surface area contributed by atoms with Crippen LogP contribution in [-0.2, 0) is 10.0 Å². The highest BCUT2D eigenvalue weighted by molar-refractivity contribution is 7.89. The quantitative estimate of drug-likeness (QED) is 0.879. The molecule has 0 radical (unpaired) electrons. The maximum Gasteiger partial charge on any atom is 0.244 e. The van der Waals surface area contributed by atoms with Crippen LogP contribution in [0.15, 0.2) is 11.1 Å². The number of aryl methyl sites for hydroxylation is 1. The van der Waals surface area contributed by atoms with E-state index in [2.05, 4.69) is 21.8 Å². The van der Waals surface area contributed by atoms with Crippen molar-refractivity contribution >= 4 is 10.0 Å². The first-order valence-corrected chi connectivity index (χ1v) is 8.05. The van der Waals surface area contributed by atoms with Gasteiger partial charge < -0.3 is 0 Å². The van der Waals surface area contributed by atoms with Crippen LogP contribution in [0, 0.1) is 12.8 Å². The maximum absolute atomic E-state index is 12.3. The van der Waals surface area contributed by atoms with Crippen LogP contribution in [0.5, 0.6) is 0 Å². The lowest BCUT2D eigenvalue weighted by molar-refractivity contribution is 0.282. The molecule has 0 aliphatic heterocycles. The zero-order valence-corrected chi connectivity index (χ0v) is 11.8. The van der Waals surface area contributed by atoms with Crippen molar-refractivity contribution in [2.24, 2.45) is 5.92 Å². The zero-order chi connectivity index (χ0) is 13.2. The Morgan fingerprint density at radius 1 is 1.44 bits per heavy atom. The van der Waals surface area contributed by atoms with Crippen LogP contribution >= 0.6 is 0 Å². The number of aromatic nitrogens is 2. The van der Waals surface area contributed by atoms with Gasteiger partial charge in [0.15, 0.2) is 0 Å². The largest absolute Gasteiger partial charge is 0.281 e. The molecule has 102 valence electrons. The number of sulfonamides is 1. The van der Waals surface area contributed by atoms with Crippen molar-refractivity contribution in [2.75, 3.05) is 0 Å². The second-order valence-electron chi connectivity index (χ2n) is 5.04. The minimum absolute atomic E-state index is 0.0723. The van der Waals surface area contributed by atoms with Gasteiger partial charge in [-0.25, -0.2) is 13.1 Å². The van der Waals surface area contributed by atoms with Gasteiger partial charge >= 0.3 is 0 Å².